The second-order valence-corrected chi connectivity index (χ2v) is 14.9. The average Bonchev–Trinajstić information content (AvgIpc) is 3.32. The molecule has 0 saturated carbocycles. The number of pyridine rings is 2. The van der Waals surface area contributed by atoms with E-state index >= 15 is 0 Å². The Bertz CT molecular complexity index is 3230. The normalized spacial score (nSPS) is 11.4. The summed E-state index contributed by atoms with van der Waals surface area (Å²) >= 11 is 0. The van der Waals surface area contributed by atoms with Gasteiger partial charge in [0.1, 0.15) is 0 Å². The average molecular weight is 752 g/mol. The van der Waals surface area contributed by atoms with E-state index in [1.165, 1.54) is 27.3 Å². The number of nitrogens with zero attached hydrogens (tertiary/aromatic N) is 3. The fraction of sp³-hybridized carbons (Fsp3) is 0. The van der Waals surface area contributed by atoms with Gasteiger partial charge in [-0.05, 0) is 81.6 Å². The first-order valence-corrected chi connectivity index (χ1v) is 20.1. The van der Waals surface area contributed by atoms with Crippen molar-refractivity contribution < 1.29 is 0 Å². The summed E-state index contributed by atoms with van der Waals surface area (Å²) in [6, 6.07) is 79.8. The van der Waals surface area contributed by atoms with Crippen LogP contribution in [0.2, 0.25) is 0 Å². The Morgan fingerprint density at radius 1 is 0.322 bits per heavy atom. The molecule has 3 heteroatoms. The van der Waals surface area contributed by atoms with Crippen molar-refractivity contribution in [2.45, 2.75) is 0 Å². The maximum Gasteiger partial charge on any atom is 0.0809 e. The Morgan fingerprint density at radius 3 is 1.49 bits per heavy atom. The summed E-state index contributed by atoms with van der Waals surface area (Å²) in [6.07, 6.45) is 0. The first-order valence-electron chi connectivity index (χ1n) is 20.1. The van der Waals surface area contributed by atoms with Crippen LogP contribution in [0, 0.1) is 0 Å². The van der Waals surface area contributed by atoms with Gasteiger partial charge in [0.2, 0.25) is 0 Å². The van der Waals surface area contributed by atoms with Gasteiger partial charge in [0.05, 0.1) is 28.1 Å². The summed E-state index contributed by atoms with van der Waals surface area (Å²) in [7, 11) is 0. The van der Waals surface area contributed by atoms with Crippen molar-refractivity contribution in [1.29, 1.82) is 0 Å². The molecule has 0 N–H and O–H groups in total. The summed E-state index contributed by atoms with van der Waals surface area (Å²) in [4.78, 5) is 13.1. The smallest absolute Gasteiger partial charge is 0.0809 e. The zero-order valence-corrected chi connectivity index (χ0v) is 32.2. The molecule has 11 aromatic rings. The third-order valence-corrected chi connectivity index (χ3v) is 11.4. The molecule has 2 aromatic heterocycles. The number of benzene rings is 9. The predicted molar refractivity (Wildman–Crippen MR) is 248 cm³/mol. The fourth-order valence-corrected chi connectivity index (χ4v) is 8.61. The van der Waals surface area contributed by atoms with Crippen molar-refractivity contribution in [2.24, 2.45) is 0 Å². The van der Waals surface area contributed by atoms with E-state index in [4.69, 9.17) is 9.97 Å². The standard InChI is InChI=1S/C56H37N3/c1-4-16-38(17-5-1)39-28-30-40(31-29-39)49-37-52(57-50-26-14-12-24-47(49)50)41-32-34-42(35-33-41)56-55-53(59(44-19-6-2-7-20-44)45-21-8-3-9-22-45)36-43-18-10-11-23-46(43)54(55)48-25-13-15-27-51(48)58-56/h1-37H. The van der Waals surface area contributed by atoms with Gasteiger partial charge in [-0.15, -0.1) is 0 Å². The Morgan fingerprint density at radius 2 is 0.814 bits per heavy atom. The van der Waals surface area contributed by atoms with Crippen LogP contribution in [0.3, 0.4) is 0 Å². The van der Waals surface area contributed by atoms with E-state index in [1.807, 2.05) is 0 Å². The first-order chi connectivity index (χ1) is 29.3. The maximum atomic E-state index is 5.49. The molecule has 276 valence electrons. The van der Waals surface area contributed by atoms with Gasteiger partial charge in [-0.3, -0.25) is 0 Å². The van der Waals surface area contributed by atoms with E-state index in [1.54, 1.807) is 0 Å². The molecule has 3 nitrogen and oxygen atoms in total. The van der Waals surface area contributed by atoms with Crippen LogP contribution in [0.5, 0.6) is 0 Å². The number of hydrogen-bond donors (Lipinski definition) is 0. The number of hydrogen-bond acceptors (Lipinski definition) is 3. The molecule has 0 bridgehead atoms. The van der Waals surface area contributed by atoms with Crippen molar-refractivity contribution in [2.75, 3.05) is 4.90 Å². The highest BCUT2D eigenvalue weighted by Crippen LogP contribution is 2.47. The van der Waals surface area contributed by atoms with Gasteiger partial charge >= 0.3 is 0 Å². The van der Waals surface area contributed by atoms with Crippen LogP contribution in [0.15, 0.2) is 224 Å². The quantitative estimate of drug-likeness (QED) is 0.152. The van der Waals surface area contributed by atoms with Crippen molar-refractivity contribution >= 4 is 60.4 Å². The van der Waals surface area contributed by atoms with Gasteiger partial charge in [0, 0.05) is 44.0 Å². The van der Waals surface area contributed by atoms with Gasteiger partial charge < -0.3 is 4.90 Å². The highest BCUT2D eigenvalue weighted by molar-refractivity contribution is 6.27. The van der Waals surface area contributed by atoms with Crippen molar-refractivity contribution in [3.05, 3.63) is 224 Å². The molecule has 0 saturated heterocycles. The minimum atomic E-state index is 0.930. The summed E-state index contributed by atoms with van der Waals surface area (Å²) in [5, 5.41) is 6.94. The molecule has 0 atom stereocenters. The van der Waals surface area contributed by atoms with E-state index < -0.39 is 0 Å². The van der Waals surface area contributed by atoms with Gasteiger partial charge in [-0.1, -0.05) is 176 Å². The minimum Gasteiger partial charge on any atom is -0.310 e. The molecule has 59 heavy (non-hydrogen) atoms. The molecule has 11 rings (SSSR count). The van der Waals surface area contributed by atoms with Crippen LogP contribution in [0.25, 0.3) is 88.1 Å². The summed E-state index contributed by atoms with van der Waals surface area (Å²) < 4.78 is 0. The number of aromatic nitrogens is 2. The number of anilines is 3. The third kappa shape index (κ3) is 6.17. The second-order valence-electron chi connectivity index (χ2n) is 14.9. The molecular weight excluding hydrogens is 715 g/mol. The highest BCUT2D eigenvalue weighted by Gasteiger charge is 2.23. The number of para-hydroxylation sites is 4. The zero-order chi connectivity index (χ0) is 39.1. The lowest BCUT2D eigenvalue weighted by molar-refractivity contribution is 1.30. The van der Waals surface area contributed by atoms with Crippen LogP contribution in [-0.2, 0) is 0 Å². The highest BCUT2D eigenvalue weighted by atomic mass is 15.1. The number of fused-ring (bicyclic) bond motifs is 6. The van der Waals surface area contributed by atoms with Gasteiger partial charge in [-0.2, -0.15) is 0 Å². The Labute approximate surface area is 343 Å². The van der Waals surface area contributed by atoms with E-state index in [9.17, 15) is 0 Å². The SMILES string of the molecule is c1ccc(-c2ccc(-c3cc(-c4ccc(-c5nc6ccccc6c6c5c(N(c5ccccc5)c5ccccc5)cc5ccccc56)cc4)nc4ccccc34)cc2)cc1. The van der Waals surface area contributed by atoms with E-state index in [0.29, 0.717) is 0 Å². The second kappa shape index (κ2) is 14.6. The molecule has 0 spiro atoms. The van der Waals surface area contributed by atoms with Gasteiger partial charge in [-0.25, -0.2) is 9.97 Å². The van der Waals surface area contributed by atoms with Gasteiger partial charge in [0.15, 0.2) is 0 Å². The van der Waals surface area contributed by atoms with Gasteiger partial charge in [0.25, 0.3) is 0 Å². The van der Waals surface area contributed by atoms with Crippen molar-refractivity contribution in [1.82, 2.24) is 9.97 Å². The Hall–Kier alpha value is -7.88. The molecule has 0 aliphatic carbocycles. The molecule has 0 aliphatic heterocycles. The van der Waals surface area contributed by atoms with Crippen molar-refractivity contribution in [3.63, 3.8) is 0 Å². The van der Waals surface area contributed by atoms with E-state index in [-0.39, 0.29) is 0 Å². The van der Waals surface area contributed by atoms with Crippen molar-refractivity contribution in [3.8, 4) is 44.8 Å². The molecule has 0 amide bonds. The molecule has 0 aliphatic rings. The zero-order valence-electron chi connectivity index (χ0n) is 32.2. The topological polar surface area (TPSA) is 29.0 Å². The van der Waals surface area contributed by atoms with E-state index in [0.717, 1.165) is 77.9 Å². The molecule has 0 unspecified atom stereocenters. The largest absolute Gasteiger partial charge is 0.310 e. The fourth-order valence-electron chi connectivity index (χ4n) is 8.61. The molecular formula is C56H37N3. The van der Waals surface area contributed by atoms with E-state index in [2.05, 4.69) is 229 Å². The molecule has 9 aromatic carbocycles. The number of rotatable bonds is 7. The molecule has 2 heterocycles. The molecule has 0 radical (unpaired) electrons. The monoisotopic (exact) mass is 751 g/mol. The maximum absolute atomic E-state index is 5.49. The van der Waals surface area contributed by atoms with Crippen LogP contribution < -0.4 is 4.90 Å². The predicted octanol–water partition coefficient (Wildman–Crippen LogP) is 15.2. The van der Waals surface area contributed by atoms with Crippen LogP contribution in [0.1, 0.15) is 0 Å². The summed E-state index contributed by atoms with van der Waals surface area (Å²) in [5.41, 5.74) is 13.9. The lowest BCUT2D eigenvalue weighted by Gasteiger charge is -2.28. The minimum absolute atomic E-state index is 0.930. The summed E-state index contributed by atoms with van der Waals surface area (Å²) in [6.45, 7) is 0. The Balaban J connectivity index is 1.10. The third-order valence-electron chi connectivity index (χ3n) is 11.4. The first kappa shape index (κ1) is 34.4. The van der Waals surface area contributed by atoms with Crippen LogP contribution in [0.4, 0.5) is 17.1 Å². The lowest BCUT2D eigenvalue weighted by Crippen LogP contribution is -2.11. The van der Waals surface area contributed by atoms with Crippen LogP contribution in [-0.4, -0.2) is 9.97 Å². The Kier molecular flexibility index (Phi) is 8.49. The lowest BCUT2D eigenvalue weighted by atomic mass is 9.92. The van der Waals surface area contributed by atoms with Crippen LogP contribution >= 0.6 is 0 Å². The molecule has 0 fully saturated rings. The summed E-state index contributed by atoms with van der Waals surface area (Å²) in [5.74, 6) is 0.